The molecule has 23 heavy (non-hydrogen) atoms. The summed E-state index contributed by atoms with van der Waals surface area (Å²) in [5, 5.41) is 26.2. The van der Waals surface area contributed by atoms with Gasteiger partial charge in [-0.3, -0.25) is 0 Å². The molecule has 0 fully saturated rings. The van der Waals surface area contributed by atoms with Gasteiger partial charge in [0.25, 0.3) is 0 Å². The van der Waals surface area contributed by atoms with Gasteiger partial charge in [-0.2, -0.15) is 0 Å². The molecule has 0 heterocycles. The number of hydrogen-bond donors (Lipinski definition) is 4. The van der Waals surface area contributed by atoms with Crippen LogP contribution in [0.4, 0.5) is 11.4 Å². The zero-order chi connectivity index (χ0) is 17.4. The number of aromatic hydroxyl groups is 2. The maximum atomic E-state index is 10.0. The van der Waals surface area contributed by atoms with Crippen molar-refractivity contribution in [2.75, 3.05) is 24.7 Å². The molecule has 4 heteroatoms. The van der Waals surface area contributed by atoms with E-state index in [1.54, 1.807) is 12.1 Å². The van der Waals surface area contributed by atoms with Gasteiger partial charge in [-0.05, 0) is 48.2 Å². The van der Waals surface area contributed by atoms with E-state index < -0.39 is 0 Å². The summed E-state index contributed by atoms with van der Waals surface area (Å²) in [5.74, 6) is 0.505. The second-order valence-electron chi connectivity index (χ2n) is 6.39. The van der Waals surface area contributed by atoms with E-state index in [1.165, 1.54) is 0 Å². The maximum absolute atomic E-state index is 10.0. The van der Waals surface area contributed by atoms with Gasteiger partial charge in [0.1, 0.15) is 11.5 Å². The van der Waals surface area contributed by atoms with Crippen molar-refractivity contribution < 1.29 is 10.2 Å². The first-order valence-electron chi connectivity index (χ1n) is 7.77. The molecule has 0 aliphatic heterocycles. The monoisotopic (exact) mass is 314 g/mol. The molecule has 0 aliphatic carbocycles. The van der Waals surface area contributed by atoms with Gasteiger partial charge in [-0.15, -0.1) is 0 Å². The summed E-state index contributed by atoms with van der Waals surface area (Å²) in [6, 6.07) is 7.39. The third-order valence-corrected chi connectivity index (χ3v) is 4.73. The van der Waals surface area contributed by atoms with Gasteiger partial charge in [0.15, 0.2) is 0 Å². The fourth-order valence-electron chi connectivity index (χ4n) is 3.53. The molecule has 0 spiro atoms. The van der Waals surface area contributed by atoms with Gasteiger partial charge < -0.3 is 20.8 Å². The Morgan fingerprint density at radius 2 is 1.09 bits per heavy atom. The predicted molar refractivity (Wildman–Crippen MR) is 96.9 cm³/mol. The van der Waals surface area contributed by atoms with E-state index in [2.05, 4.69) is 24.5 Å². The molecule has 0 aromatic heterocycles. The second kappa shape index (κ2) is 6.03. The van der Waals surface area contributed by atoms with Gasteiger partial charge in [-0.1, -0.05) is 26.0 Å². The summed E-state index contributed by atoms with van der Waals surface area (Å²) in [7, 11) is 3.62. The molecule has 2 rings (SSSR count). The zero-order valence-electron chi connectivity index (χ0n) is 14.7. The third kappa shape index (κ3) is 2.69. The lowest BCUT2D eigenvalue weighted by atomic mass is 9.74. The van der Waals surface area contributed by atoms with Crippen LogP contribution in [0, 0.1) is 13.8 Å². The first kappa shape index (κ1) is 17.0. The molecule has 0 radical (unpaired) electrons. The van der Waals surface area contributed by atoms with Crippen molar-refractivity contribution in [1.82, 2.24) is 0 Å². The first-order valence-corrected chi connectivity index (χ1v) is 7.77. The highest BCUT2D eigenvalue weighted by atomic mass is 16.3. The number of benzene rings is 2. The van der Waals surface area contributed by atoms with Crippen molar-refractivity contribution in [3.05, 3.63) is 46.5 Å². The lowest BCUT2D eigenvalue weighted by Crippen LogP contribution is -2.22. The molecule has 0 atom stereocenters. The number of hydrogen-bond acceptors (Lipinski definition) is 4. The number of phenols is 2. The summed E-state index contributed by atoms with van der Waals surface area (Å²) < 4.78 is 0. The molecule has 4 nitrogen and oxygen atoms in total. The van der Waals surface area contributed by atoms with E-state index in [-0.39, 0.29) is 16.9 Å². The Kier molecular flexibility index (Phi) is 4.46. The Bertz CT molecular complexity index is 675. The number of rotatable bonds is 4. The van der Waals surface area contributed by atoms with Crippen molar-refractivity contribution in [3.63, 3.8) is 0 Å². The van der Waals surface area contributed by atoms with Crippen molar-refractivity contribution in [3.8, 4) is 11.5 Å². The van der Waals surface area contributed by atoms with Crippen LogP contribution < -0.4 is 10.6 Å². The van der Waals surface area contributed by atoms with Crippen LogP contribution in [0.5, 0.6) is 11.5 Å². The number of anilines is 2. The normalized spacial score (nSPS) is 11.4. The van der Waals surface area contributed by atoms with E-state index in [9.17, 15) is 10.2 Å². The molecule has 2 aromatic carbocycles. The summed E-state index contributed by atoms with van der Waals surface area (Å²) in [6.45, 7) is 8.34. The van der Waals surface area contributed by atoms with Crippen LogP contribution in [0.1, 0.15) is 36.1 Å². The highest BCUT2D eigenvalue weighted by Crippen LogP contribution is 2.42. The Morgan fingerprint density at radius 1 is 0.739 bits per heavy atom. The summed E-state index contributed by atoms with van der Waals surface area (Å²) in [5.41, 5.74) is 5.55. The lowest BCUT2D eigenvalue weighted by molar-refractivity contribution is 0.475. The van der Waals surface area contributed by atoms with Gasteiger partial charge in [0.2, 0.25) is 0 Å². The Labute approximate surface area is 138 Å². The fraction of sp³-hybridized carbons (Fsp3) is 0.368. The number of phenolic OH excluding ortho intramolecular Hbond substituents is 2. The van der Waals surface area contributed by atoms with Crippen LogP contribution in [0.2, 0.25) is 0 Å². The van der Waals surface area contributed by atoms with E-state index >= 15 is 0 Å². The molecule has 0 aliphatic rings. The molecule has 0 saturated heterocycles. The summed E-state index contributed by atoms with van der Waals surface area (Å²) >= 11 is 0. The summed E-state index contributed by atoms with van der Waals surface area (Å²) in [6.07, 6.45) is 0. The molecule has 4 N–H and O–H groups in total. The van der Waals surface area contributed by atoms with E-state index in [0.717, 1.165) is 33.6 Å². The topological polar surface area (TPSA) is 64.5 Å². The lowest BCUT2D eigenvalue weighted by Gasteiger charge is -2.31. The van der Waals surface area contributed by atoms with Crippen LogP contribution >= 0.6 is 0 Å². The van der Waals surface area contributed by atoms with Gasteiger partial charge in [0, 0.05) is 19.5 Å². The molecule has 0 unspecified atom stereocenters. The molecule has 0 bridgehead atoms. The standard InChI is InChI=1S/C19H26N2O2/c1-11-13(7-9-15(22)17(11)20-5)19(3,4)14-8-10-16(23)18(21-6)12(14)2/h7-10,20-23H,1-6H3. The van der Waals surface area contributed by atoms with Crippen LogP contribution in [-0.4, -0.2) is 24.3 Å². The minimum atomic E-state index is -0.271. The minimum Gasteiger partial charge on any atom is -0.506 e. The highest BCUT2D eigenvalue weighted by molar-refractivity contribution is 5.68. The van der Waals surface area contributed by atoms with Crippen molar-refractivity contribution in [2.24, 2.45) is 0 Å². The third-order valence-electron chi connectivity index (χ3n) is 4.73. The van der Waals surface area contributed by atoms with Crippen LogP contribution in [-0.2, 0) is 5.41 Å². The van der Waals surface area contributed by atoms with Crippen molar-refractivity contribution in [2.45, 2.75) is 33.1 Å². The van der Waals surface area contributed by atoms with Crippen molar-refractivity contribution >= 4 is 11.4 Å². The predicted octanol–water partition coefficient (Wildman–Crippen LogP) is 4.12. The largest absolute Gasteiger partial charge is 0.506 e. The fourth-order valence-corrected chi connectivity index (χ4v) is 3.53. The Hall–Kier alpha value is -2.36. The van der Waals surface area contributed by atoms with Gasteiger partial charge in [0.05, 0.1) is 11.4 Å². The average Bonchev–Trinajstić information content (AvgIpc) is 2.47. The minimum absolute atomic E-state index is 0.253. The number of nitrogens with one attached hydrogen (secondary N) is 2. The van der Waals surface area contributed by atoms with Gasteiger partial charge >= 0.3 is 0 Å². The van der Waals surface area contributed by atoms with Crippen LogP contribution in [0.3, 0.4) is 0 Å². The van der Waals surface area contributed by atoms with Crippen LogP contribution in [0.15, 0.2) is 24.3 Å². The zero-order valence-corrected chi connectivity index (χ0v) is 14.7. The highest BCUT2D eigenvalue weighted by Gasteiger charge is 2.29. The second-order valence-corrected chi connectivity index (χ2v) is 6.39. The Balaban J connectivity index is 2.69. The molecule has 124 valence electrons. The summed E-state index contributed by atoms with van der Waals surface area (Å²) in [4.78, 5) is 0. The molecular weight excluding hydrogens is 288 g/mol. The molecule has 2 aromatic rings. The van der Waals surface area contributed by atoms with E-state index in [1.807, 2.05) is 40.1 Å². The first-order chi connectivity index (χ1) is 10.8. The van der Waals surface area contributed by atoms with Crippen molar-refractivity contribution in [1.29, 1.82) is 0 Å². The SMILES string of the molecule is CNc1c(O)ccc(C(C)(C)c2ccc(O)c(NC)c2C)c1C. The van der Waals surface area contributed by atoms with Gasteiger partial charge in [-0.25, -0.2) is 0 Å². The smallest absolute Gasteiger partial charge is 0.138 e. The Morgan fingerprint density at radius 3 is 1.39 bits per heavy atom. The van der Waals surface area contributed by atoms with E-state index in [4.69, 9.17) is 0 Å². The average molecular weight is 314 g/mol. The quantitative estimate of drug-likeness (QED) is 0.641. The van der Waals surface area contributed by atoms with E-state index in [0.29, 0.717) is 0 Å². The molecular formula is C19H26N2O2. The molecule has 0 saturated carbocycles. The van der Waals surface area contributed by atoms with Crippen LogP contribution in [0.25, 0.3) is 0 Å². The maximum Gasteiger partial charge on any atom is 0.138 e. The molecule has 0 amide bonds.